The van der Waals surface area contributed by atoms with E-state index in [2.05, 4.69) is 68.1 Å². The minimum atomic E-state index is 0.781. The number of nitrogens with zero attached hydrogens (tertiary/aromatic N) is 1. The van der Waals surface area contributed by atoms with E-state index in [4.69, 9.17) is 11.6 Å². The van der Waals surface area contributed by atoms with Gasteiger partial charge in [0.25, 0.3) is 0 Å². The molecule has 0 aliphatic heterocycles. The Morgan fingerprint density at radius 1 is 0.733 bits per heavy atom. The topological polar surface area (TPSA) is 3.24 Å². The van der Waals surface area contributed by atoms with Gasteiger partial charge in [0, 0.05) is 11.6 Å². The Hall–Kier alpha value is -1.57. The van der Waals surface area contributed by atoms with Gasteiger partial charge >= 0.3 is 0 Å². The van der Waals surface area contributed by atoms with Gasteiger partial charge in [0.2, 0.25) is 0 Å². The van der Waals surface area contributed by atoms with Crippen molar-refractivity contribution in [2.24, 2.45) is 0 Å². The molecule has 0 bridgehead atoms. The average molecular weight is 426 g/mol. The summed E-state index contributed by atoms with van der Waals surface area (Å²) >= 11 is 6.01. The zero-order chi connectivity index (χ0) is 21.6. The molecule has 0 radical (unpaired) electrons. The molecule has 30 heavy (non-hydrogen) atoms. The maximum Gasteiger partial charge on any atom is 0.0406 e. The monoisotopic (exact) mass is 425 g/mol. The minimum absolute atomic E-state index is 0.781. The number of unbranched alkanes of at least 4 members (excludes halogenated alkanes) is 6. The highest BCUT2D eigenvalue weighted by atomic mass is 35.5. The molecule has 0 heterocycles. The number of benzene rings is 2. The van der Waals surface area contributed by atoms with Crippen molar-refractivity contribution in [1.29, 1.82) is 0 Å². The van der Waals surface area contributed by atoms with E-state index in [1.54, 1.807) is 0 Å². The highest BCUT2D eigenvalue weighted by Gasteiger charge is 2.05. The molecule has 0 amide bonds. The molecule has 0 N–H and O–H groups in total. The van der Waals surface area contributed by atoms with Gasteiger partial charge < -0.3 is 0 Å². The summed E-state index contributed by atoms with van der Waals surface area (Å²) in [6.45, 7) is 10.3. The van der Waals surface area contributed by atoms with Gasteiger partial charge in [-0.1, -0.05) is 106 Å². The van der Waals surface area contributed by atoms with E-state index in [9.17, 15) is 0 Å². The van der Waals surface area contributed by atoms with Crippen LogP contribution < -0.4 is 0 Å². The molecule has 0 unspecified atom stereocenters. The van der Waals surface area contributed by atoms with E-state index < -0.39 is 0 Å². The van der Waals surface area contributed by atoms with Gasteiger partial charge in [-0.25, -0.2) is 0 Å². The van der Waals surface area contributed by atoms with Crippen LogP contribution in [0, 0.1) is 0 Å². The molecule has 164 valence electrons. The SMILES string of the molecule is CCCCCCN(CC=C(C)c1ccc(-c2ccc(Cl)cc2)cc1)CCCCCC. The molecule has 0 aliphatic rings. The fourth-order valence-corrected chi connectivity index (χ4v) is 3.90. The zero-order valence-corrected chi connectivity index (χ0v) is 20.1. The Kier molecular flexibility index (Phi) is 11.9. The molecule has 2 heteroatoms. The molecule has 0 spiro atoms. The molecule has 0 saturated carbocycles. The number of allylic oxidation sites excluding steroid dienone is 1. The molecule has 0 aliphatic carbocycles. The molecule has 0 saturated heterocycles. The maximum absolute atomic E-state index is 6.01. The molecule has 2 aromatic carbocycles. The Morgan fingerprint density at radius 2 is 1.23 bits per heavy atom. The first-order valence-electron chi connectivity index (χ1n) is 11.9. The molecule has 1 nitrogen and oxygen atoms in total. The van der Waals surface area contributed by atoms with Crippen LogP contribution in [0.15, 0.2) is 54.6 Å². The second-order valence-electron chi connectivity index (χ2n) is 8.39. The van der Waals surface area contributed by atoms with Crippen molar-refractivity contribution < 1.29 is 0 Å². The smallest absolute Gasteiger partial charge is 0.0406 e. The Balaban J connectivity index is 1.94. The number of hydrogen-bond acceptors (Lipinski definition) is 1. The average Bonchev–Trinajstić information content (AvgIpc) is 2.77. The molecule has 0 fully saturated rings. The van der Waals surface area contributed by atoms with Crippen molar-refractivity contribution >= 4 is 17.2 Å². The summed E-state index contributed by atoms with van der Waals surface area (Å²) in [6.07, 6.45) is 13.1. The summed E-state index contributed by atoms with van der Waals surface area (Å²) < 4.78 is 0. The third-order valence-corrected chi connectivity index (χ3v) is 6.08. The van der Waals surface area contributed by atoms with Gasteiger partial charge in [-0.05, 0) is 67.3 Å². The van der Waals surface area contributed by atoms with E-state index in [-0.39, 0.29) is 0 Å². The molecular weight excluding hydrogens is 386 g/mol. The Bertz CT molecular complexity index is 718. The second-order valence-corrected chi connectivity index (χ2v) is 8.83. The van der Waals surface area contributed by atoms with Crippen molar-refractivity contribution in [2.75, 3.05) is 19.6 Å². The summed E-state index contributed by atoms with van der Waals surface area (Å²) in [6, 6.07) is 17.0. The van der Waals surface area contributed by atoms with Crippen molar-refractivity contribution in [3.8, 4) is 11.1 Å². The largest absolute Gasteiger partial charge is 0.300 e. The maximum atomic E-state index is 6.01. The first kappa shape index (κ1) is 24.7. The first-order valence-corrected chi connectivity index (χ1v) is 12.3. The predicted octanol–water partition coefficient (Wildman–Crippen LogP) is 8.87. The highest BCUT2D eigenvalue weighted by molar-refractivity contribution is 6.30. The summed E-state index contributed by atoms with van der Waals surface area (Å²) in [7, 11) is 0. The van der Waals surface area contributed by atoms with E-state index >= 15 is 0 Å². The number of hydrogen-bond donors (Lipinski definition) is 0. The van der Waals surface area contributed by atoms with Gasteiger partial charge in [-0.2, -0.15) is 0 Å². The summed E-state index contributed by atoms with van der Waals surface area (Å²) in [4.78, 5) is 2.65. The fraction of sp³-hybridized carbons (Fsp3) is 0.500. The number of halogens is 1. The quantitative estimate of drug-likeness (QED) is 0.273. The van der Waals surface area contributed by atoms with Gasteiger partial charge in [-0.3, -0.25) is 4.90 Å². The van der Waals surface area contributed by atoms with Crippen LogP contribution in [-0.4, -0.2) is 24.5 Å². The van der Waals surface area contributed by atoms with Crippen LogP contribution in [0.2, 0.25) is 5.02 Å². The predicted molar refractivity (Wildman–Crippen MR) is 135 cm³/mol. The highest BCUT2D eigenvalue weighted by Crippen LogP contribution is 2.24. The lowest BCUT2D eigenvalue weighted by Crippen LogP contribution is -2.26. The summed E-state index contributed by atoms with van der Waals surface area (Å²) in [5.74, 6) is 0. The standard InChI is InChI=1S/C28H40ClN/c1-4-6-8-10-21-30(22-11-9-7-5-2)23-20-24(3)25-12-14-26(15-13-25)27-16-18-28(29)19-17-27/h12-20H,4-11,21-23H2,1-3H3. The van der Waals surface area contributed by atoms with Crippen molar-refractivity contribution in [2.45, 2.75) is 72.1 Å². The Labute approximate surface area is 190 Å². The molecule has 2 rings (SSSR count). The van der Waals surface area contributed by atoms with Crippen molar-refractivity contribution in [1.82, 2.24) is 4.90 Å². The molecule has 0 aromatic heterocycles. The van der Waals surface area contributed by atoms with E-state index in [0.717, 1.165) is 11.6 Å². The molecule has 0 atom stereocenters. The van der Waals surface area contributed by atoms with Crippen LogP contribution in [0.3, 0.4) is 0 Å². The van der Waals surface area contributed by atoms with Crippen LogP contribution in [0.4, 0.5) is 0 Å². The fourth-order valence-electron chi connectivity index (χ4n) is 3.77. The van der Waals surface area contributed by atoms with E-state index in [1.165, 1.54) is 86.7 Å². The lowest BCUT2D eigenvalue weighted by molar-refractivity contribution is 0.287. The van der Waals surface area contributed by atoms with E-state index in [0.29, 0.717) is 0 Å². The van der Waals surface area contributed by atoms with Crippen molar-refractivity contribution in [3.63, 3.8) is 0 Å². The lowest BCUT2D eigenvalue weighted by atomic mass is 10.0. The first-order chi connectivity index (χ1) is 14.6. The van der Waals surface area contributed by atoms with Crippen LogP contribution in [-0.2, 0) is 0 Å². The van der Waals surface area contributed by atoms with Gasteiger partial charge in [-0.15, -0.1) is 0 Å². The number of rotatable bonds is 14. The molecule has 2 aromatic rings. The normalized spacial score (nSPS) is 12.0. The van der Waals surface area contributed by atoms with Gasteiger partial charge in [0.15, 0.2) is 0 Å². The lowest BCUT2D eigenvalue weighted by Gasteiger charge is -2.21. The summed E-state index contributed by atoms with van der Waals surface area (Å²) in [5, 5.41) is 0.781. The van der Waals surface area contributed by atoms with Crippen LogP contribution >= 0.6 is 11.6 Å². The van der Waals surface area contributed by atoms with Crippen molar-refractivity contribution in [3.05, 3.63) is 65.2 Å². The van der Waals surface area contributed by atoms with Crippen LogP contribution in [0.1, 0.15) is 77.7 Å². The molecular formula is C28H40ClN. The summed E-state index contributed by atoms with van der Waals surface area (Å²) in [5.41, 5.74) is 5.11. The Morgan fingerprint density at radius 3 is 1.73 bits per heavy atom. The third-order valence-electron chi connectivity index (χ3n) is 5.83. The minimum Gasteiger partial charge on any atom is -0.300 e. The van der Waals surface area contributed by atoms with E-state index in [1.807, 2.05) is 12.1 Å². The van der Waals surface area contributed by atoms with Crippen LogP contribution in [0.25, 0.3) is 16.7 Å². The van der Waals surface area contributed by atoms with Crippen LogP contribution in [0.5, 0.6) is 0 Å². The third kappa shape index (κ3) is 9.06. The van der Waals surface area contributed by atoms with Gasteiger partial charge in [0.05, 0.1) is 0 Å². The second kappa shape index (κ2) is 14.4. The zero-order valence-electron chi connectivity index (χ0n) is 19.3. The van der Waals surface area contributed by atoms with Gasteiger partial charge in [0.1, 0.15) is 0 Å².